The number of nitrogens with zero attached hydrogens (tertiary/aromatic N) is 1. The van der Waals surface area contributed by atoms with Crippen molar-refractivity contribution in [3.8, 4) is 5.75 Å². The molecule has 1 aromatic carbocycles. The van der Waals surface area contributed by atoms with Crippen molar-refractivity contribution >= 4 is 6.03 Å². The lowest BCUT2D eigenvalue weighted by Crippen LogP contribution is -2.49. The van der Waals surface area contributed by atoms with E-state index in [1.54, 1.807) is 0 Å². The van der Waals surface area contributed by atoms with E-state index in [-0.39, 0.29) is 18.2 Å². The van der Waals surface area contributed by atoms with Gasteiger partial charge in [0.2, 0.25) is 0 Å². The van der Waals surface area contributed by atoms with Gasteiger partial charge in [0.25, 0.3) is 0 Å². The molecule has 6 nitrogen and oxygen atoms in total. The quantitative estimate of drug-likeness (QED) is 0.822. The SMILES string of the molecule is O=C(NC1CCOCC1)N(CCOc1ccccc1)C[C@H]1CCCO1. The number of nitrogens with one attached hydrogen (secondary N) is 1. The molecule has 0 spiro atoms. The Kier molecular flexibility index (Phi) is 6.94. The molecule has 0 unspecified atom stereocenters. The van der Waals surface area contributed by atoms with E-state index in [2.05, 4.69) is 5.32 Å². The first-order valence-electron chi connectivity index (χ1n) is 9.24. The monoisotopic (exact) mass is 348 g/mol. The standard InChI is InChI=1S/C19H28N2O4/c22-19(20-16-8-12-23-13-9-16)21(15-18-7-4-11-24-18)10-14-25-17-5-2-1-3-6-17/h1-3,5-6,16,18H,4,7-15H2,(H,20,22)/t18-/m1/s1. The number of benzene rings is 1. The second kappa shape index (κ2) is 9.63. The number of amides is 2. The number of carbonyl (C=O) groups is 1. The summed E-state index contributed by atoms with van der Waals surface area (Å²) >= 11 is 0. The predicted octanol–water partition coefficient (Wildman–Crippen LogP) is 2.44. The topological polar surface area (TPSA) is 60.0 Å². The Morgan fingerprint density at radius 2 is 1.96 bits per heavy atom. The smallest absolute Gasteiger partial charge is 0.317 e. The Morgan fingerprint density at radius 1 is 1.16 bits per heavy atom. The molecule has 2 saturated heterocycles. The second-order valence-electron chi connectivity index (χ2n) is 6.58. The maximum absolute atomic E-state index is 12.7. The zero-order chi connectivity index (χ0) is 17.3. The third-order valence-corrected chi connectivity index (χ3v) is 4.66. The maximum atomic E-state index is 12.7. The average Bonchev–Trinajstić information content (AvgIpc) is 3.16. The summed E-state index contributed by atoms with van der Waals surface area (Å²) in [5.74, 6) is 0.824. The summed E-state index contributed by atoms with van der Waals surface area (Å²) in [6, 6.07) is 9.85. The zero-order valence-electron chi connectivity index (χ0n) is 14.7. The third kappa shape index (κ3) is 5.90. The van der Waals surface area contributed by atoms with Gasteiger partial charge in [0.15, 0.2) is 0 Å². The fraction of sp³-hybridized carbons (Fsp3) is 0.632. The average molecular weight is 348 g/mol. The predicted molar refractivity (Wildman–Crippen MR) is 94.9 cm³/mol. The van der Waals surface area contributed by atoms with Gasteiger partial charge >= 0.3 is 6.03 Å². The van der Waals surface area contributed by atoms with Gasteiger partial charge in [-0.3, -0.25) is 0 Å². The van der Waals surface area contributed by atoms with E-state index >= 15 is 0 Å². The molecule has 0 bridgehead atoms. The molecule has 2 heterocycles. The van der Waals surface area contributed by atoms with Crippen LogP contribution in [0.15, 0.2) is 30.3 Å². The van der Waals surface area contributed by atoms with Gasteiger partial charge in [0, 0.05) is 32.4 Å². The summed E-state index contributed by atoms with van der Waals surface area (Å²) in [6.07, 6.45) is 3.97. The molecule has 1 atom stereocenters. The summed E-state index contributed by atoms with van der Waals surface area (Å²) in [4.78, 5) is 14.5. The molecule has 0 saturated carbocycles. The van der Waals surface area contributed by atoms with E-state index in [1.165, 1.54) is 0 Å². The first-order chi connectivity index (χ1) is 12.3. The van der Waals surface area contributed by atoms with Crippen LogP contribution in [0.1, 0.15) is 25.7 Å². The first kappa shape index (κ1) is 18.0. The van der Waals surface area contributed by atoms with Crippen molar-refractivity contribution in [1.29, 1.82) is 0 Å². The summed E-state index contributed by atoms with van der Waals surface area (Å²) in [7, 11) is 0. The summed E-state index contributed by atoms with van der Waals surface area (Å²) in [6.45, 7) is 3.86. The lowest BCUT2D eigenvalue weighted by atomic mass is 10.1. The van der Waals surface area contributed by atoms with Gasteiger partial charge < -0.3 is 24.4 Å². The first-order valence-corrected chi connectivity index (χ1v) is 9.24. The van der Waals surface area contributed by atoms with E-state index in [9.17, 15) is 4.79 Å². The normalized spacial score (nSPS) is 21.0. The second-order valence-corrected chi connectivity index (χ2v) is 6.58. The molecule has 1 N–H and O–H groups in total. The summed E-state index contributed by atoms with van der Waals surface area (Å²) in [5.41, 5.74) is 0. The van der Waals surface area contributed by atoms with Gasteiger partial charge in [0.1, 0.15) is 12.4 Å². The molecule has 2 amide bonds. The van der Waals surface area contributed by atoms with Crippen LogP contribution in [0.5, 0.6) is 5.75 Å². The molecular formula is C19H28N2O4. The highest BCUT2D eigenvalue weighted by molar-refractivity contribution is 5.74. The lowest BCUT2D eigenvalue weighted by Gasteiger charge is -2.29. The highest BCUT2D eigenvalue weighted by atomic mass is 16.5. The van der Waals surface area contributed by atoms with Crippen LogP contribution in [0.2, 0.25) is 0 Å². The molecule has 3 rings (SSSR count). The number of hydrogen-bond acceptors (Lipinski definition) is 4. The Morgan fingerprint density at radius 3 is 2.68 bits per heavy atom. The van der Waals surface area contributed by atoms with Crippen molar-refractivity contribution in [2.45, 2.75) is 37.8 Å². The van der Waals surface area contributed by atoms with E-state index in [0.717, 1.165) is 38.0 Å². The Labute approximate surface area is 149 Å². The molecule has 25 heavy (non-hydrogen) atoms. The minimum atomic E-state index is -0.0286. The van der Waals surface area contributed by atoms with E-state index in [1.807, 2.05) is 35.2 Å². The molecule has 1 aromatic rings. The Bertz CT molecular complexity index is 513. The number of carbonyl (C=O) groups excluding carboxylic acids is 1. The number of ether oxygens (including phenoxy) is 3. The molecule has 0 radical (unpaired) electrons. The van der Waals surface area contributed by atoms with Crippen molar-refractivity contribution in [3.63, 3.8) is 0 Å². The van der Waals surface area contributed by atoms with Crippen molar-refractivity contribution < 1.29 is 19.0 Å². The lowest BCUT2D eigenvalue weighted by molar-refractivity contribution is 0.0670. The number of hydrogen-bond donors (Lipinski definition) is 1. The minimum Gasteiger partial charge on any atom is -0.492 e. The van der Waals surface area contributed by atoms with Crippen LogP contribution in [0.25, 0.3) is 0 Å². The van der Waals surface area contributed by atoms with E-state index < -0.39 is 0 Å². The van der Waals surface area contributed by atoms with Crippen LogP contribution in [0.3, 0.4) is 0 Å². The summed E-state index contributed by atoms with van der Waals surface area (Å²) in [5, 5.41) is 3.14. The molecule has 2 aliphatic heterocycles. The third-order valence-electron chi connectivity index (χ3n) is 4.66. The molecule has 6 heteroatoms. The Hall–Kier alpha value is -1.79. The number of para-hydroxylation sites is 1. The molecule has 0 aliphatic carbocycles. The van der Waals surface area contributed by atoms with Crippen LogP contribution in [-0.2, 0) is 9.47 Å². The van der Waals surface area contributed by atoms with Crippen LogP contribution in [0, 0.1) is 0 Å². The molecule has 2 aliphatic rings. The number of urea groups is 1. The fourth-order valence-corrected chi connectivity index (χ4v) is 3.21. The van der Waals surface area contributed by atoms with Gasteiger partial charge in [-0.05, 0) is 37.8 Å². The van der Waals surface area contributed by atoms with Crippen LogP contribution >= 0.6 is 0 Å². The highest BCUT2D eigenvalue weighted by Gasteiger charge is 2.25. The molecule has 0 aromatic heterocycles. The van der Waals surface area contributed by atoms with Crippen molar-refractivity contribution in [1.82, 2.24) is 10.2 Å². The van der Waals surface area contributed by atoms with Crippen molar-refractivity contribution in [2.24, 2.45) is 0 Å². The zero-order valence-corrected chi connectivity index (χ0v) is 14.7. The highest BCUT2D eigenvalue weighted by Crippen LogP contribution is 2.15. The molecular weight excluding hydrogens is 320 g/mol. The van der Waals surface area contributed by atoms with Crippen molar-refractivity contribution in [2.75, 3.05) is 39.5 Å². The molecule has 2 fully saturated rings. The van der Waals surface area contributed by atoms with E-state index in [0.29, 0.717) is 32.9 Å². The minimum absolute atomic E-state index is 0.0286. The van der Waals surface area contributed by atoms with Gasteiger partial charge in [-0.2, -0.15) is 0 Å². The van der Waals surface area contributed by atoms with Crippen LogP contribution in [0.4, 0.5) is 4.79 Å². The van der Waals surface area contributed by atoms with Crippen LogP contribution in [-0.4, -0.2) is 62.6 Å². The van der Waals surface area contributed by atoms with Gasteiger partial charge in [-0.25, -0.2) is 4.79 Å². The summed E-state index contributed by atoms with van der Waals surface area (Å²) < 4.78 is 16.8. The Balaban J connectivity index is 1.50. The maximum Gasteiger partial charge on any atom is 0.317 e. The van der Waals surface area contributed by atoms with Gasteiger partial charge in [-0.15, -0.1) is 0 Å². The van der Waals surface area contributed by atoms with E-state index in [4.69, 9.17) is 14.2 Å². The largest absolute Gasteiger partial charge is 0.492 e. The fourth-order valence-electron chi connectivity index (χ4n) is 3.21. The number of rotatable bonds is 7. The van der Waals surface area contributed by atoms with Crippen LogP contribution < -0.4 is 10.1 Å². The van der Waals surface area contributed by atoms with Crippen molar-refractivity contribution in [3.05, 3.63) is 30.3 Å². The van der Waals surface area contributed by atoms with Gasteiger partial charge in [0.05, 0.1) is 12.6 Å². The van der Waals surface area contributed by atoms with Gasteiger partial charge in [-0.1, -0.05) is 18.2 Å². The molecule has 138 valence electrons.